The summed E-state index contributed by atoms with van der Waals surface area (Å²) in [5.41, 5.74) is 3.92. The van der Waals surface area contributed by atoms with Crippen LogP contribution >= 0.6 is 0 Å². The van der Waals surface area contributed by atoms with Gasteiger partial charge in [-0.05, 0) is 54.2 Å². The first-order chi connectivity index (χ1) is 8.11. The zero-order chi connectivity index (χ0) is 12.4. The molecule has 0 fully saturated rings. The molecule has 0 saturated heterocycles. The molecule has 0 bridgehead atoms. The third-order valence-corrected chi connectivity index (χ3v) is 4.24. The van der Waals surface area contributed by atoms with Crippen LogP contribution in [0.2, 0.25) is 0 Å². The van der Waals surface area contributed by atoms with Crippen LogP contribution in [0.3, 0.4) is 0 Å². The van der Waals surface area contributed by atoms with Crippen LogP contribution in [0, 0.1) is 5.92 Å². The van der Waals surface area contributed by atoms with Crippen LogP contribution in [-0.4, -0.2) is 5.11 Å². The molecule has 1 aromatic rings. The fourth-order valence-corrected chi connectivity index (χ4v) is 2.72. The largest absolute Gasteiger partial charge is 0.388 e. The third kappa shape index (κ3) is 2.71. The van der Waals surface area contributed by atoms with Crippen molar-refractivity contribution in [2.24, 2.45) is 5.92 Å². The van der Waals surface area contributed by atoms with Crippen LogP contribution in [-0.2, 0) is 6.42 Å². The molecule has 0 amide bonds. The maximum atomic E-state index is 10.3. The minimum Gasteiger partial charge on any atom is -0.388 e. The van der Waals surface area contributed by atoms with E-state index in [0.29, 0.717) is 11.8 Å². The normalized spacial score (nSPS) is 26.1. The fourth-order valence-electron chi connectivity index (χ4n) is 2.72. The average Bonchev–Trinajstić information content (AvgIpc) is 2.48. The zero-order valence-electron chi connectivity index (χ0n) is 11.2. The molecule has 0 radical (unpaired) electrons. The van der Waals surface area contributed by atoms with Crippen molar-refractivity contribution in [2.45, 2.75) is 58.5 Å². The van der Waals surface area contributed by atoms with Crippen LogP contribution in [0.4, 0.5) is 0 Å². The van der Waals surface area contributed by atoms with Gasteiger partial charge in [0.2, 0.25) is 0 Å². The summed E-state index contributed by atoms with van der Waals surface area (Å²) in [6, 6.07) is 6.72. The molecular weight excluding hydrogens is 208 g/mol. The van der Waals surface area contributed by atoms with E-state index in [4.69, 9.17) is 0 Å². The van der Waals surface area contributed by atoms with Gasteiger partial charge in [0, 0.05) is 0 Å². The molecule has 17 heavy (non-hydrogen) atoms. The van der Waals surface area contributed by atoms with E-state index in [-0.39, 0.29) is 6.10 Å². The Morgan fingerprint density at radius 1 is 1.41 bits per heavy atom. The van der Waals surface area contributed by atoms with Crippen LogP contribution in [0.1, 0.15) is 68.7 Å². The van der Waals surface area contributed by atoms with E-state index in [1.165, 1.54) is 23.1 Å². The summed E-state index contributed by atoms with van der Waals surface area (Å²) in [6.07, 6.45) is 4.13. The highest BCUT2D eigenvalue weighted by Crippen LogP contribution is 2.33. The van der Waals surface area contributed by atoms with Crippen molar-refractivity contribution < 1.29 is 5.11 Å². The Morgan fingerprint density at radius 3 is 2.88 bits per heavy atom. The molecule has 2 rings (SSSR count). The van der Waals surface area contributed by atoms with Gasteiger partial charge in [-0.25, -0.2) is 0 Å². The first kappa shape index (κ1) is 12.6. The Balaban J connectivity index is 2.34. The number of aryl methyl sites for hydroxylation is 1. The highest BCUT2D eigenvalue weighted by atomic mass is 16.3. The predicted octanol–water partition coefficient (Wildman–Crippen LogP) is 4.21. The lowest BCUT2D eigenvalue weighted by atomic mass is 9.92. The number of rotatable bonds is 2. The summed E-state index contributed by atoms with van der Waals surface area (Å²) in [4.78, 5) is 0. The average molecular weight is 232 g/mol. The minimum absolute atomic E-state index is 0.258. The second-order valence-electron chi connectivity index (χ2n) is 5.66. The lowest BCUT2D eigenvalue weighted by Crippen LogP contribution is -2.03. The highest BCUT2D eigenvalue weighted by molar-refractivity contribution is 5.36. The zero-order valence-corrected chi connectivity index (χ0v) is 11.2. The van der Waals surface area contributed by atoms with Gasteiger partial charge in [-0.2, -0.15) is 0 Å². The topological polar surface area (TPSA) is 20.2 Å². The van der Waals surface area contributed by atoms with Crippen molar-refractivity contribution >= 4 is 0 Å². The summed E-state index contributed by atoms with van der Waals surface area (Å²) < 4.78 is 0. The van der Waals surface area contributed by atoms with Crippen molar-refractivity contribution in [1.82, 2.24) is 0 Å². The molecule has 0 saturated carbocycles. The molecular formula is C16H24O. The van der Waals surface area contributed by atoms with E-state index < -0.39 is 0 Å². The summed E-state index contributed by atoms with van der Waals surface area (Å²) in [6.45, 7) is 6.72. The first-order valence-corrected chi connectivity index (χ1v) is 6.92. The van der Waals surface area contributed by atoms with Gasteiger partial charge in [0.25, 0.3) is 0 Å². The number of aliphatic hydroxyl groups is 1. The molecule has 1 nitrogen and oxygen atoms in total. The Kier molecular flexibility index (Phi) is 3.88. The van der Waals surface area contributed by atoms with Crippen LogP contribution in [0.5, 0.6) is 0 Å². The van der Waals surface area contributed by atoms with E-state index in [1.54, 1.807) is 0 Å². The molecule has 0 aromatic heterocycles. The van der Waals surface area contributed by atoms with E-state index in [9.17, 15) is 5.11 Å². The van der Waals surface area contributed by atoms with Crippen LogP contribution < -0.4 is 0 Å². The van der Waals surface area contributed by atoms with Gasteiger partial charge < -0.3 is 5.11 Å². The summed E-state index contributed by atoms with van der Waals surface area (Å²) in [5.74, 6) is 1.22. The molecule has 1 N–H and O–H groups in total. The lowest BCUT2D eigenvalue weighted by molar-refractivity contribution is 0.150. The van der Waals surface area contributed by atoms with Gasteiger partial charge in [0.1, 0.15) is 0 Å². The van der Waals surface area contributed by atoms with Gasteiger partial charge in [-0.15, -0.1) is 0 Å². The minimum atomic E-state index is -0.258. The second-order valence-corrected chi connectivity index (χ2v) is 5.66. The Morgan fingerprint density at radius 2 is 2.18 bits per heavy atom. The number of aliphatic hydroxyl groups excluding tert-OH is 1. The molecule has 0 spiro atoms. The van der Waals surface area contributed by atoms with Gasteiger partial charge in [0.15, 0.2) is 0 Å². The van der Waals surface area contributed by atoms with E-state index >= 15 is 0 Å². The van der Waals surface area contributed by atoms with Gasteiger partial charge in [-0.3, -0.25) is 0 Å². The van der Waals surface area contributed by atoms with Crippen molar-refractivity contribution in [3.8, 4) is 0 Å². The van der Waals surface area contributed by atoms with Crippen molar-refractivity contribution in [3.05, 3.63) is 34.9 Å². The van der Waals surface area contributed by atoms with Gasteiger partial charge in [-0.1, -0.05) is 39.0 Å². The van der Waals surface area contributed by atoms with Crippen LogP contribution in [0.25, 0.3) is 0 Å². The van der Waals surface area contributed by atoms with Crippen molar-refractivity contribution in [2.75, 3.05) is 0 Å². The Hall–Kier alpha value is -0.820. The molecule has 0 heterocycles. The Bertz CT molecular complexity index is 383. The summed E-state index contributed by atoms with van der Waals surface area (Å²) in [7, 11) is 0. The summed E-state index contributed by atoms with van der Waals surface area (Å²) >= 11 is 0. The molecule has 1 aliphatic rings. The summed E-state index contributed by atoms with van der Waals surface area (Å²) in [5, 5.41) is 10.3. The standard InChI is InChI=1S/C16H24O/c1-4-12(3)14-8-7-13-6-5-11(2)9-16(17)15(13)10-14/h7-8,10-12,16-17H,4-6,9H2,1-3H3. The number of hydrogen-bond donors (Lipinski definition) is 1. The van der Waals surface area contributed by atoms with Gasteiger partial charge >= 0.3 is 0 Å². The fraction of sp³-hybridized carbons (Fsp3) is 0.625. The first-order valence-electron chi connectivity index (χ1n) is 6.92. The lowest BCUT2D eigenvalue weighted by Gasteiger charge is -2.17. The number of benzene rings is 1. The molecule has 3 unspecified atom stereocenters. The molecule has 3 atom stereocenters. The number of fused-ring (bicyclic) bond motifs is 1. The Labute approximate surface area is 105 Å². The van der Waals surface area contributed by atoms with Crippen molar-refractivity contribution in [3.63, 3.8) is 0 Å². The predicted molar refractivity (Wildman–Crippen MR) is 72.2 cm³/mol. The van der Waals surface area contributed by atoms with Gasteiger partial charge in [0.05, 0.1) is 6.10 Å². The van der Waals surface area contributed by atoms with E-state index in [0.717, 1.165) is 19.3 Å². The molecule has 94 valence electrons. The maximum Gasteiger partial charge on any atom is 0.0795 e. The second kappa shape index (κ2) is 5.22. The molecule has 1 aliphatic carbocycles. The van der Waals surface area contributed by atoms with Crippen molar-refractivity contribution in [1.29, 1.82) is 0 Å². The van der Waals surface area contributed by atoms with E-state index in [2.05, 4.69) is 39.0 Å². The quantitative estimate of drug-likeness (QED) is 0.757. The molecule has 0 aliphatic heterocycles. The highest BCUT2D eigenvalue weighted by Gasteiger charge is 2.21. The number of hydrogen-bond acceptors (Lipinski definition) is 1. The molecule has 1 aromatic carbocycles. The van der Waals surface area contributed by atoms with Crippen LogP contribution in [0.15, 0.2) is 18.2 Å². The maximum absolute atomic E-state index is 10.3. The smallest absolute Gasteiger partial charge is 0.0795 e. The molecule has 1 heteroatoms. The monoisotopic (exact) mass is 232 g/mol. The van der Waals surface area contributed by atoms with E-state index in [1.807, 2.05) is 0 Å². The third-order valence-electron chi connectivity index (χ3n) is 4.24. The SMILES string of the molecule is CCC(C)c1ccc2c(c1)C(O)CC(C)CC2.